The number of anilines is 1. The number of hydrogen-bond donors (Lipinski definition) is 2. The molecule has 1 aromatic heterocycles. The van der Waals surface area contributed by atoms with Crippen LogP contribution in [-0.4, -0.2) is 15.7 Å². The molecule has 5 nitrogen and oxygen atoms in total. The van der Waals surface area contributed by atoms with Crippen molar-refractivity contribution >= 4 is 11.6 Å². The van der Waals surface area contributed by atoms with Crippen LogP contribution in [0.3, 0.4) is 0 Å². The maximum atomic E-state index is 11.2. The first-order chi connectivity index (χ1) is 12.1. The molecular weight excluding hydrogens is 312 g/mol. The predicted molar refractivity (Wildman–Crippen MR) is 99.6 cm³/mol. The number of para-hydroxylation sites is 1. The topological polar surface area (TPSA) is 59.0 Å². The SMILES string of the molecule is CC(=O)Nc1cccc(C(C)NCc2cnn(-c3ccccc3)c2)c1. The first-order valence-electron chi connectivity index (χ1n) is 8.32. The van der Waals surface area contributed by atoms with Gasteiger partial charge < -0.3 is 10.6 Å². The summed E-state index contributed by atoms with van der Waals surface area (Å²) in [5, 5.41) is 10.7. The van der Waals surface area contributed by atoms with E-state index < -0.39 is 0 Å². The number of amides is 1. The molecule has 1 heterocycles. The zero-order chi connectivity index (χ0) is 17.6. The molecule has 128 valence electrons. The van der Waals surface area contributed by atoms with Crippen molar-refractivity contribution in [2.75, 3.05) is 5.32 Å². The average Bonchev–Trinajstić information content (AvgIpc) is 3.09. The van der Waals surface area contributed by atoms with Gasteiger partial charge in [-0.1, -0.05) is 30.3 Å². The van der Waals surface area contributed by atoms with Gasteiger partial charge in [-0.3, -0.25) is 4.79 Å². The Morgan fingerprint density at radius 1 is 1.16 bits per heavy atom. The van der Waals surface area contributed by atoms with Gasteiger partial charge in [-0.05, 0) is 36.8 Å². The van der Waals surface area contributed by atoms with Gasteiger partial charge in [0.2, 0.25) is 5.91 Å². The standard InChI is InChI=1S/C20H22N4O/c1-15(18-7-6-8-19(11-18)23-16(2)25)21-12-17-13-22-24(14-17)20-9-4-3-5-10-20/h3-11,13-15,21H,12H2,1-2H3,(H,23,25). The van der Waals surface area contributed by atoms with E-state index in [4.69, 9.17) is 0 Å². The normalized spacial score (nSPS) is 11.9. The van der Waals surface area contributed by atoms with Crippen molar-refractivity contribution in [2.45, 2.75) is 26.4 Å². The van der Waals surface area contributed by atoms with Crippen LogP contribution in [0.2, 0.25) is 0 Å². The third-order valence-corrected chi connectivity index (χ3v) is 3.98. The van der Waals surface area contributed by atoms with E-state index in [1.807, 2.05) is 65.6 Å². The minimum Gasteiger partial charge on any atom is -0.326 e. The lowest BCUT2D eigenvalue weighted by Crippen LogP contribution is -2.18. The zero-order valence-corrected chi connectivity index (χ0v) is 14.4. The van der Waals surface area contributed by atoms with Gasteiger partial charge in [0, 0.05) is 37.0 Å². The Hall–Kier alpha value is -2.92. The number of nitrogens with zero attached hydrogens (tertiary/aromatic N) is 2. The molecule has 1 atom stereocenters. The number of hydrogen-bond acceptors (Lipinski definition) is 3. The van der Waals surface area contributed by atoms with E-state index >= 15 is 0 Å². The van der Waals surface area contributed by atoms with Crippen molar-refractivity contribution < 1.29 is 4.79 Å². The Bertz CT molecular complexity index is 842. The molecular formula is C20H22N4O. The highest BCUT2D eigenvalue weighted by Gasteiger charge is 2.07. The average molecular weight is 334 g/mol. The number of carbonyl (C=O) groups excluding carboxylic acids is 1. The van der Waals surface area contributed by atoms with Crippen LogP contribution < -0.4 is 10.6 Å². The number of benzene rings is 2. The van der Waals surface area contributed by atoms with Crippen molar-refractivity contribution in [2.24, 2.45) is 0 Å². The van der Waals surface area contributed by atoms with Crippen molar-refractivity contribution in [3.63, 3.8) is 0 Å². The molecule has 5 heteroatoms. The van der Waals surface area contributed by atoms with Gasteiger partial charge in [-0.2, -0.15) is 5.10 Å². The van der Waals surface area contributed by atoms with Crippen LogP contribution in [0.4, 0.5) is 5.69 Å². The molecule has 1 unspecified atom stereocenters. The molecule has 0 saturated heterocycles. The summed E-state index contributed by atoms with van der Waals surface area (Å²) in [5.74, 6) is -0.0638. The summed E-state index contributed by atoms with van der Waals surface area (Å²) in [4.78, 5) is 11.2. The molecule has 2 aromatic carbocycles. The first kappa shape index (κ1) is 16.9. The Balaban J connectivity index is 1.62. The lowest BCUT2D eigenvalue weighted by atomic mass is 10.1. The molecule has 25 heavy (non-hydrogen) atoms. The molecule has 0 saturated carbocycles. The molecule has 0 fully saturated rings. The number of carbonyl (C=O) groups is 1. The second kappa shape index (κ2) is 7.77. The van der Waals surface area contributed by atoms with Gasteiger partial charge in [-0.15, -0.1) is 0 Å². The Morgan fingerprint density at radius 2 is 1.96 bits per heavy atom. The van der Waals surface area contributed by atoms with E-state index in [1.54, 1.807) is 0 Å². The summed E-state index contributed by atoms with van der Waals surface area (Å²) in [6.07, 6.45) is 3.91. The fraction of sp³-hybridized carbons (Fsp3) is 0.200. The van der Waals surface area contributed by atoms with Gasteiger partial charge in [0.1, 0.15) is 0 Å². The molecule has 0 bridgehead atoms. The molecule has 3 aromatic rings. The van der Waals surface area contributed by atoms with E-state index in [-0.39, 0.29) is 11.9 Å². The number of aromatic nitrogens is 2. The van der Waals surface area contributed by atoms with Gasteiger partial charge in [0.05, 0.1) is 11.9 Å². The van der Waals surface area contributed by atoms with Crippen LogP contribution >= 0.6 is 0 Å². The van der Waals surface area contributed by atoms with Crippen molar-refractivity contribution in [1.29, 1.82) is 0 Å². The molecule has 0 spiro atoms. The molecule has 0 radical (unpaired) electrons. The lowest BCUT2D eigenvalue weighted by Gasteiger charge is -2.15. The summed E-state index contributed by atoms with van der Waals surface area (Å²) in [7, 11) is 0. The quantitative estimate of drug-likeness (QED) is 0.723. The molecule has 0 aliphatic heterocycles. The summed E-state index contributed by atoms with van der Waals surface area (Å²) in [6.45, 7) is 4.34. The summed E-state index contributed by atoms with van der Waals surface area (Å²) < 4.78 is 1.87. The smallest absolute Gasteiger partial charge is 0.221 e. The monoisotopic (exact) mass is 334 g/mol. The van der Waals surface area contributed by atoms with E-state index in [0.717, 1.165) is 29.0 Å². The van der Waals surface area contributed by atoms with E-state index in [2.05, 4.69) is 28.7 Å². The molecule has 0 aliphatic rings. The Morgan fingerprint density at radius 3 is 2.72 bits per heavy atom. The van der Waals surface area contributed by atoms with Crippen LogP contribution in [0, 0.1) is 0 Å². The highest BCUT2D eigenvalue weighted by atomic mass is 16.1. The van der Waals surface area contributed by atoms with Crippen LogP contribution in [-0.2, 0) is 11.3 Å². The fourth-order valence-corrected chi connectivity index (χ4v) is 2.65. The van der Waals surface area contributed by atoms with E-state index in [9.17, 15) is 4.79 Å². The summed E-state index contributed by atoms with van der Waals surface area (Å²) in [5.41, 5.74) is 4.11. The third kappa shape index (κ3) is 4.55. The highest BCUT2D eigenvalue weighted by Crippen LogP contribution is 2.18. The van der Waals surface area contributed by atoms with Crippen LogP contribution in [0.25, 0.3) is 5.69 Å². The van der Waals surface area contributed by atoms with Crippen molar-refractivity contribution in [1.82, 2.24) is 15.1 Å². The Labute approximate surface area is 147 Å². The second-order valence-electron chi connectivity index (χ2n) is 6.04. The number of rotatable bonds is 6. The van der Waals surface area contributed by atoms with Gasteiger partial charge in [-0.25, -0.2) is 4.68 Å². The maximum absolute atomic E-state index is 11.2. The van der Waals surface area contributed by atoms with Gasteiger partial charge in [0.25, 0.3) is 0 Å². The lowest BCUT2D eigenvalue weighted by molar-refractivity contribution is -0.114. The first-order valence-corrected chi connectivity index (χ1v) is 8.32. The molecule has 2 N–H and O–H groups in total. The van der Waals surface area contributed by atoms with E-state index in [1.165, 1.54) is 6.92 Å². The van der Waals surface area contributed by atoms with Gasteiger partial charge in [0.15, 0.2) is 0 Å². The maximum Gasteiger partial charge on any atom is 0.221 e. The highest BCUT2D eigenvalue weighted by molar-refractivity contribution is 5.88. The predicted octanol–water partition coefficient (Wildman–Crippen LogP) is 3.68. The molecule has 1 amide bonds. The van der Waals surface area contributed by atoms with Crippen LogP contribution in [0.1, 0.15) is 31.0 Å². The summed E-state index contributed by atoms with van der Waals surface area (Å²) in [6, 6.07) is 18.1. The minimum absolute atomic E-state index is 0.0638. The fourth-order valence-electron chi connectivity index (χ4n) is 2.65. The third-order valence-electron chi connectivity index (χ3n) is 3.98. The largest absolute Gasteiger partial charge is 0.326 e. The van der Waals surface area contributed by atoms with Crippen LogP contribution in [0.15, 0.2) is 67.0 Å². The van der Waals surface area contributed by atoms with Gasteiger partial charge >= 0.3 is 0 Å². The Kier molecular flexibility index (Phi) is 5.26. The van der Waals surface area contributed by atoms with Crippen molar-refractivity contribution in [3.8, 4) is 5.69 Å². The van der Waals surface area contributed by atoms with Crippen molar-refractivity contribution in [3.05, 3.63) is 78.1 Å². The second-order valence-corrected chi connectivity index (χ2v) is 6.04. The van der Waals surface area contributed by atoms with E-state index in [0.29, 0.717) is 0 Å². The molecule has 3 rings (SSSR count). The van der Waals surface area contributed by atoms with Crippen LogP contribution in [0.5, 0.6) is 0 Å². The minimum atomic E-state index is -0.0638. The summed E-state index contributed by atoms with van der Waals surface area (Å²) >= 11 is 0. The zero-order valence-electron chi connectivity index (χ0n) is 14.4. The number of nitrogens with one attached hydrogen (secondary N) is 2. The molecule has 0 aliphatic carbocycles.